The molecule has 2 N–H and O–H groups in total. The molecule has 19 heavy (non-hydrogen) atoms. The summed E-state index contributed by atoms with van der Waals surface area (Å²) < 4.78 is 7.68. The Hall–Kier alpha value is -0.870. The van der Waals surface area contributed by atoms with Gasteiger partial charge in [-0.25, -0.2) is 0 Å². The van der Waals surface area contributed by atoms with Crippen molar-refractivity contribution >= 4 is 0 Å². The van der Waals surface area contributed by atoms with Crippen LogP contribution in [0.3, 0.4) is 0 Å². The van der Waals surface area contributed by atoms with Crippen molar-refractivity contribution in [3.63, 3.8) is 0 Å². The van der Waals surface area contributed by atoms with Gasteiger partial charge >= 0.3 is 0 Å². The summed E-state index contributed by atoms with van der Waals surface area (Å²) in [5.74, 6) is 0. The lowest BCUT2D eigenvalue weighted by molar-refractivity contribution is 0.123. The average molecular weight is 267 g/mol. The Balaban J connectivity index is 2.82. The number of nitrogens with two attached hydrogens (primary N) is 1. The standard InChI is InChI=1S/C15H29N3O/c1-5-9-19-10-8-18-15(7-3)13(11-12(4)16)14(6-2)17-18/h12H,5-11,16H2,1-4H3. The maximum Gasteiger partial charge on any atom is 0.0662 e. The van der Waals surface area contributed by atoms with Crippen molar-refractivity contribution in [3.8, 4) is 0 Å². The van der Waals surface area contributed by atoms with Gasteiger partial charge < -0.3 is 10.5 Å². The molecule has 0 saturated carbocycles. The van der Waals surface area contributed by atoms with Crippen LogP contribution in [-0.4, -0.2) is 29.0 Å². The number of aromatic nitrogens is 2. The maximum absolute atomic E-state index is 5.96. The highest BCUT2D eigenvalue weighted by molar-refractivity contribution is 5.27. The van der Waals surface area contributed by atoms with Gasteiger partial charge in [-0.3, -0.25) is 4.68 Å². The van der Waals surface area contributed by atoms with Crippen LogP contribution in [0.15, 0.2) is 0 Å². The molecule has 1 rings (SSSR count). The molecular formula is C15H29N3O. The van der Waals surface area contributed by atoms with Crippen LogP contribution in [0.5, 0.6) is 0 Å². The molecule has 0 amide bonds. The van der Waals surface area contributed by atoms with E-state index < -0.39 is 0 Å². The van der Waals surface area contributed by atoms with E-state index in [9.17, 15) is 0 Å². The predicted octanol–water partition coefficient (Wildman–Crippen LogP) is 2.32. The fourth-order valence-corrected chi connectivity index (χ4v) is 2.41. The van der Waals surface area contributed by atoms with Crippen molar-refractivity contribution in [2.24, 2.45) is 5.73 Å². The first-order valence-electron chi connectivity index (χ1n) is 7.54. The van der Waals surface area contributed by atoms with Crippen LogP contribution in [0.2, 0.25) is 0 Å². The van der Waals surface area contributed by atoms with Gasteiger partial charge in [-0.1, -0.05) is 20.8 Å². The van der Waals surface area contributed by atoms with Gasteiger partial charge in [0.05, 0.1) is 18.8 Å². The lowest BCUT2D eigenvalue weighted by Crippen LogP contribution is -2.19. The minimum atomic E-state index is 0.185. The molecule has 0 aliphatic heterocycles. The number of ether oxygens (including phenoxy) is 1. The normalized spacial score (nSPS) is 12.9. The van der Waals surface area contributed by atoms with E-state index in [0.717, 1.165) is 45.4 Å². The summed E-state index contributed by atoms with van der Waals surface area (Å²) in [5.41, 5.74) is 9.84. The molecule has 1 unspecified atom stereocenters. The first-order valence-corrected chi connectivity index (χ1v) is 7.54. The second-order valence-corrected chi connectivity index (χ2v) is 5.10. The summed E-state index contributed by atoms with van der Waals surface area (Å²) in [4.78, 5) is 0. The van der Waals surface area contributed by atoms with Crippen molar-refractivity contribution in [2.45, 2.75) is 66.0 Å². The topological polar surface area (TPSA) is 53.1 Å². The number of hydrogen-bond acceptors (Lipinski definition) is 3. The van der Waals surface area contributed by atoms with Gasteiger partial charge in [0, 0.05) is 18.3 Å². The number of hydrogen-bond donors (Lipinski definition) is 1. The molecule has 4 nitrogen and oxygen atoms in total. The predicted molar refractivity (Wildman–Crippen MR) is 79.4 cm³/mol. The van der Waals surface area contributed by atoms with Crippen LogP contribution in [0.25, 0.3) is 0 Å². The number of rotatable bonds is 9. The Kier molecular flexibility index (Phi) is 7.10. The molecule has 0 aromatic carbocycles. The van der Waals surface area contributed by atoms with Gasteiger partial charge in [0.1, 0.15) is 0 Å². The molecule has 1 atom stereocenters. The maximum atomic E-state index is 5.96. The fraction of sp³-hybridized carbons (Fsp3) is 0.800. The molecule has 0 aliphatic carbocycles. The molecule has 0 bridgehead atoms. The van der Waals surface area contributed by atoms with E-state index in [4.69, 9.17) is 15.6 Å². The third-order valence-electron chi connectivity index (χ3n) is 3.24. The highest BCUT2D eigenvalue weighted by atomic mass is 16.5. The first-order chi connectivity index (χ1) is 9.13. The summed E-state index contributed by atoms with van der Waals surface area (Å²) in [6.07, 6.45) is 3.96. The van der Waals surface area contributed by atoms with E-state index in [1.54, 1.807) is 0 Å². The third kappa shape index (κ3) is 4.62. The van der Waals surface area contributed by atoms with Crippen LogP contribution < -0.4 is 5.73 Å². The highest BCUT2D eigenvalue weighted by Gasteiger charge is 2.16. The van der Waals surface area contributed by atoms with E-state index in [0.29, 0.717) is 0 Å². The van der Waals surface area contributed by atoms with E-state index in [1.165, 1.54) is 17.0 Å². The molecule has 0 aliphatic rings. The molecule has 1 heterocycles. The molecule has 0 radical (unpaired) electrons. The lowest BCUT2D eigenvalue weighted by Gasteiger charge is -2.10. The molecule has 0 saturated heterocycles. The summed E-state index contributed by atoms with van der Waals surface area (Å²) in [5, 5.41) is 4.73. The second kappa shape index (κ2) is 8.33. The highest BCUT2D eigenvalue weighted by Crippen LogP contribution is 2.18. The molecule has 1 aromatic heterocycles. The summed E-state index contributed by atoms with van der Waals surface area (Å²) >= 11 is 0. The second-order valence-electron chi connectivity index (χ2n) is 5.10. The lowest BCUT2D eigenvalue weighted by atomic mass is 10.0. The van der Waals surface area contributed by atoms with E-state index in [1.807, 2.05) is 0 Å². The molecule has 0 fully saturated rings. The Labute approximate surface area is 117 Å². The Morgan fingerprint density at radius 1 is 1.21 bits per heavy atom. The Morgan fingerprint density at radius 2 is 1.95 bits per heavy atom. The van der Waals surface area contributed by atoms with Crippen LogP contribution in [0.1, 0.15) is 51.1 Å². The summed E-state index contributed by atoms with van der Waals surface area (Å²) in [7, 11) is 0. The van der Waals surface area contributed by atoms with Crippen molar-refractivity contribution < 1.29 is 4.74 Å². The van der Waals surface area contributed by atoms with E-state index in [-0.39, 0.29) is 6.04 Å². The van der Waals surface area contributed by atoms with Gasteiger partial charge in [0.15, 0.2) is 0 Å². The zero-order valence-electron chi connectivity index (χ0n) is 12.9. The van der Waals surface area contributed by atoms with Crippen molar-refractivity contribution in [2.75, 3.05) is 13.2 Å². The minimum absolute atomic E-state index is 0.185. The smallest absolute Gasteiger partial charge is 0.0662 e. The SMILES string of the molecule is CCCOCCn1nc(CC)c(CC(C)N)c1CC. The molecule has 110 valence electrons. The minimum Gasteiger partial charge on any atom is -0.380 e. The van der Waals surface area contributed by atoms with Gasteiger partial charge in [0.25, 0.3) is 0 Å². The Bertz CT molecular complexity index is 372. The van der Waals surface area contributed by atoms with Crippen LogP contribution in [-0.2, 0) is 30.5 Å². The molecule has 4 heteroatoms. The zero-order valence-corrected chi connectivity index (χ0v) is 12.9. The fourth-order valence-electron chi connectivity index (χ4n) is 2.41. The monoisotopic (exact) mass is 267 g/mol. The Morgan fingerprint density at radius 3 is 2.47 bits per heavy atom. The van der Waals surface area contributed by atoms with Crippen LogP contribution in [0, 0.1) is 0 Å². The average Bonchev–Trinajstić information content (AvgIpc) is 2.71. The van der Waals surface area contributed by atoms with E-state index >= 15 is 0 Å². The van der Waals surface area contributed by atoms with Gasteiger partial charge in [-0.05, 0) is 38.2 Å². The zero-order chi connectivity index (χ0) is 14.3. The largest absolute Gasteiger partial charge is 0.380 e. The number of aryl methyl sites for hydroxylation is 1. The molecule has 1 aromatic rings. The van der Waals surface area contributed by atoms with Crippen LogP contribution in [0.4, 0.5) is 0 Å². The molecular weight excluding hydrogens is 238 g/mol. The van der Waals surface area contributed by atoms with Crippen molar-refractivity contribution in [1.29, 1.82) is 0 Å². The van der Waals surface area contributed by atoms with Crippen LogP contribution >= 0.6 is 0 Å². The summed E-state index contributed by atoms with van der Waals surface area (Å²) in [6, 6.07) is 0.185. The molecule has 0 spiro atoms. The summed E-state index contributed by atoms with van der Waals surface area (Å²) in [6.45, 7) is 10.9. The van der Waals surface area contributed by atoms with Gasteiger partial charge in [-0.15, -0.1) is 0 Å². The van der Waals surface area contributed by atoms with Crippen molar-refractivity contribution in [1.82, 2.24) is 9.78 Å². The van der Waals surface area contributed by atoms with E-state index in [2.05, 4.69) is 32.4 Å². The first kappa shape index (κ1) is 16.2. The number of nitrogens with zero attached hydrogens (tertiary/aromatic N) is 2. The van der Waals surface area contributed by atoms with Gasteiger partial charge in [-0.2, -0.15) is 5.10 Å². The third-order valence-corrected chi connectivity index (χ3v) is 3.24. The van der Waals surface area contributed by atoms with Crippen molar-refractivity contribution in [3.05, 3.63) is 17.0 Å². The quantitative estimate of drug-likeness (QED) is 0.699. The van der Waals surface area contributed by atoms with Gasteiger partial charge in [0.2, 0.25) is 0 Å².